The van der Waals surface area contributed by atoms with Gasteiger partial charge in [0.15, 0.2) is 0 Å². The smallest absolute Gasteiger partial charge is 0.253 e. The van der Waals surface area contributed by atoms with Gasteiger partial charge in [-0.2, -0.15) is 0 Å². The minimum Gasteiger partial charge on any atom is -0.357 e. The van der Waals surface area contributed by atoms with E-state index < -0.39 is 0 Å². The lowest BCUT2D eigenvalue weighted by Crippen LogP contribution is -2.45. The van der Waals surface area contributed by atoms with Gasteiger partial charge in [0.1, 0.15) is 5.82 Å². The first kappa shape index (κ1) is 21.0. The molecular formula is C17H28Cl2N4O. The van der Waals surface area contributed by atoms with Crippen molar-refractivity contribution in [2.24, 2.45) is 5.92 Å². The van der Waals surface area contributed by atoms with E-state index in [9.17, 15) is 4.79 Å². The molecule has 3 rings (SSSR count). The van der Waals surface area contributed by atoms with E-state index in [1.807, 2.05) is 12.1 Å². The van der Waals surface area contributed by atoms with Crippen molar-refractivity contribution in [3.8, 4) is 0 Å². The van der Waals surface area contributed by atoms with Crippen LogP contribution >= 0.6 is 24.8 Å². The van der Waals surface area contributed by atoms with Crippen molar-refractivity contribution in [3.63, 3.8) is 0 Å². The molecule has 1 amide bonds. The third-order valence-corrected chi connectivity index (χ3v) is 4.75. The van der Waals surface area contributed by atoms with Crippen molar-refractivity contribution in [3.05, 3.63) is 23.9 Å². The van der Waals surface area contributed by atoms with Gasteiger partial charge in [-0.15, -0.1) is 24.8 Å². The second-order valence-corrected chi connectivity index (χ2v) is 6.59. The quantitative estimate of drug-likeness (QED) is 0.853. The normalized spacial score (nSPS) is 21.4. The number of nitrogens with one attached hydrogen (secondary N) is 2. The lowest BCUT2D eigenvalue weighted by Gasteiger charge is -2.31. The van der Waals surface area contributed by atoms with Crippen molar-refractivity contribution < 1.29 is 4.79 Å². The number of piperidine rings is 2. The molecule has 24 heavy (non-hydrogen) atoms. The number of pyridine rings is 1. The number of halogens is 2. The fourth-order valence-corrected chi connectivity index (χ4v) is 3.19. The summed E-state index contributed by atoms with van der Waals surface area (Å²) < 4.78 is 0. The molecule has 0 aromatic carbocycles. The molecule has 0 radical (unpaired) electrons. The van der Waals surface area contributed by atoms with E-state index in [-0.39, 0.29) is 36.8 Å². The summed E-state index contributed by atoms with van der Waals surface area (Å²) in [6.45, 7) is 6.35. The summed E-state index contributed by atoms with van der Waals surface area (Å²) in [7, 11) is 0. The fraction of sp³-hybridized carbons (Fsp3) is 0.647. The lowest BCUT2D eigenvalue weighted by atomic mass is 9.99. The van der Waals surface area contributed by atoms with Gasteiger partial charge in [0.2, 0.25) is 0 Å². The predicted octanol–water partition coefficient (Wildman–Crippen LogP) is 2.64. The molecule has 2 N–H and O–H groups in total. The zero-order chi connectivity index (χ0) is 15.4. The molecule has 0 bridgehead atoms. The van der Waals surface area contributed by atoms with Gasteiger partial charge in [0.25, 0.3) is 5.91 Å². The predicted molar refractivity (Wildman–Crippen MR) is 103 cm³/mol. The summed E-state index contributed by atoms with van der Waals surface area (Å²) in [5.41, 5.74) is 0.653. The Labute approximate surface area is 156 Å². The average molecular weight is 375 g/mol. The second kappa shape index (κ2) is 10.1. The number of amides is 1. The molecule has 3 heterocycles. The Morgan fingerprint density at radius 3 is 2.58 bits per heavy atom. The van der Waals surface area contributed by atoms with E-state index in [0.717, 1.165) is 50.8 Å². The molecule has 2 aliphatic heterocycles. The number of carbonyl (C=O) groups is 1. The van der Waals surface area contributed by atoms with Gasteiger partial charge in [-0.25, -0.2) is 4.98 Å². The number of nitrogens with zero attached hydrogens (tertiary/aromatic N) is 2. The first-order chi connectivity index (χ1) is 10.7. The highest BCUT2D eigenvalue weighted by Crippen LogP contribution is 2.21. The molecule has 5 nitrogen and oxygen atoms in total. The maximum absolute atomic E-state index is 12.3. The highest BCUT2D eigenvalue weighted by molar-refractivity contribution is 5.94. The van der Waals surface area contributed by atoms with Crippen LogP contribution in [-0.4, -0.2) is 43.1 Å². The number of hydrogen-bond acceptors (Lipinski definition) is 4. The van der Waals surface area contributed by atoms with Crippen molar-refractivity contribution in [2.75, 3.05) is 31.1 Å². The molecule has 1 unspecified atom stereocenters. The zero-order valence-corrected chi connectivity index (χ0v) is 15.8. The molecule has 1 aromatic heterocycles. The maximum Gasteiger partial charge on any atom is 0.253 e. The summed E-state index contributed by atoms with van der Waals surface area (Å²) in [6.07, 6.45) is 6.32. The highest BCUT2D eigenvalue weighted by atomic mass is 35.5. The lowest BCUT2D eigenvalue weighted by molar-refractivity contribution is 0.0930. The maximum atomic E-state index is 12.3. The Hall–Kier alpha value is -1.04. The van der Waals surface area contributed by atoms with Gasteiger partial charge in [-0.1, -0.05) is 6.92 Å². The van der Waals surface area contributed by atoms with Crippen LogP contribution in [-0.2, 0) is 0 Å². The van der Waals surface area contributed by atoms with E-state index in [1.54, 1.807) is 6.20 Å². The molecule has 0 spiro atoms. The summed E-state index contributed by atoms with van der Waals surface area (Å²) in [6, 6.07) is 4.11. The van der Waals surface area contributed by atoms with Crippen molar-refractivity contribution in [1.82, 2.24) is 15.6 Å². The Kier molecular flexibility index (Phi) is 8.81. The number of carbonyl (C=O) groups excluding carboxylic acids is 1. The van der Waals surface area contributed by atoms with Crippen LogP contribution in [0, 0.1) is 5.92 Å². The summed E-state index contributed by atoms with van der Waals surface area (Å²) in [5, 5.41) is 6.40. The van der Waals surface area contributed by atoms with Crippen LogP contribution in [0.15, 0.2) is 18.3 Å². The van der Waals surface area contributed by atoms with Gasteiger partial charge < -0.3 is 15.5 Å². The van der Waals surface area contributed by atoms with Crippen LogP contribution in [0.3, 0.4) is 0 Å². The number of rotatable bonds is 3. The van der Waals surface area contributed by atoms with Gasteiger partial charge >= 0.3 is 0 Å². The van der Waals surface area contributed by atoms with Crippen molar-refractivity contribution >= 4 is 36.5 Å². The molecule has 2 saturated heterocycles. The average Bonchev–Trinajstić information content (AvgIpc) is 2.57. The molecule has 0 aliphatic carbocycles. The first-order valence-electron chi connectivity index (χ1n) is 8.45. The molecule has 2 fully saturated rings. The van der Waals surface area contributed by atoms with Crippen LogP contribution in [0.2, 0.25) is 0 Å². The van der Waals surface area contributed by atoms with E-state index in [4.69, 9.17) is 0 Å². The Balaban J connectivity index is 0.00000144. The monoisotopic (exact) mass is 374 g/mol. The van der Waals surface area contributed by atoms with E-state index in [2.05, 4.69) is 27.4 Å². The molecule has 7 heteroatoms. The third-order valence-electron chi connectivity index (χ3n) is 4.75. The van der Waals surface area contributed by atoms with Crippen LogP contribution in [0.5, 0.6) is 0 Å². The van der Waals surface area contributed by atoms with Gasteiger partial charge in [-0.3, -0.25) is 4.79 Å². The molecule has 136 valence electrons. The van der Waals surface area contributed by atoms with E-state index >= 15 is 0 Å². The number of anilines is 1. The topological polar surface area (TPSA) is 57.3 Å². The minimum absolute atomic E-state index is 0. The largest absolute Gasteiger partial charge is 0.357 e. The van der Waals surface area contributed by atoms with Crippen LogP contribution in [0.4, 0.5) is 5.82 Å². The Bertz CT molecular complexity index is 498. The van der Waals surface area contributed by atoms with Gasteiger partial charge in [-0.05, 0) is 50.3 Å². The second-order valence-electron chi connectivity index (χ2n) is 6.59. The zero-order valence-electron chi connectivity index (χ0n) is 14.2. The summed E-state index contributed by atoms with van der Waals surface area (Å²) in [5.74, 6) is 1.79. The van der Waals surface area contributed by atoms with E-state index in [1.165, 1.54) is 12.8 Å². The molecular weight excluding hydrogens is 347 g/mol. The SMILES string of the molecule is CC1CCN(c2ccc(C(=O)NC3CCCNC3)cn2)CC1.Cl.Cl. The van der Waals surface area contributed by atoms with Crippen LogP contribution in [0.25, 0.3) is 0 Å². The van der Waals surface area contributed by atoms with Crippen LogP contribution in [0.1, 0.15) is 43.0 Å². The van der Waals surface area contributed by atoms with Crippen molar-refractivity contribution in [1.29, 1.82) is 0 Å². The van der Waals surface area contributed by atoms with Crippen molar-refractivity contribution in [2.45, 2.75) is 38.6 Å². The minimum atomic E-state index is -0.0139. The molecule has 1 atom stereocenters. The third kappa shape index (κ3) is 5.50. The number of aromatic nitrogens is 1. The Morgan fingerprint density at radius 1 is 1.25 bits per heavy atom. The summed E-state index contributed by atoms with van der Waals surface area (Å²) in [4.78, 5) is 19.1. The van der Waals surface area contributed by atoms with E-state index in [0.29, 0.717) is 5.56 Å². The standard InChI is InChI=1S/C17H26N4O.2ClH/c1-13-6-9-21(10-7-13)16-5-4-14(11-19-16)17(22)20-15-3-2-8-18-12-15;;/h4-5,11,13,15,18H,2-3,6-10,12H2,1H3,(H,20,22);2*1H. The first-order valence-corrected chi connectivity index (χ1v) is 8.45. The number of hydrogen-bond donors (Lipinski definition) is 2. The van der Waals surface area contributed by atoms with Gasteiger partial charge in [0, 0.05) is 31.9 Å². The van der Waals surface area contributed by atoms with Crippen LogP contribution < -0.4 is 15.5 Å². The molecule has 1 aromatic rings. The molecule has 2 aliphatic rings. The fourth-order valence-electron chi connectivity index (χ4n) is 3.19. The highest BCUT2D eigenvalue weighted by Gasteiger charge is 2.19. The molecule has 0 saturated carbocycles. The Morgan fingerprint density at radius 2 is 2.00 bits per heavy atom. The summed E-state index contributed by atoms with van der Waals surface area (Å²) >= 11 is 0. The van der Waals surface area contributed by atoms with Gasteiger partial charge in [0.05, 0.1) is 5.56 Å².